The zero-order valence-electron chi connectivity index (χ0n) is 15.3. The molecule has 3 aliphatic carbocycles. The molecule has 0 spiro atoms. The van der Waals surface area contributed by atoms with E-state index in [2.05, 4.69) is 70.2 Å². The van der Waals surface area contributed by atoms with Gasteiger partial charge >= 0.3 is 0 Å². The topological polar surface area (TPSA) is 0 Å². The summed E-state index contributed by atoms with van der Waals surface area (Å²) in [4.78, 5) is 0. The van der Waals surface area contributed by atoms with Crippen LogP contribution in [0.2, 0.25) is 0 Å². The first-order valence-electron chi connectivity index (χ1n) is 9.22. The van der Waals surface area contributed by atoms with Gasteiger partial charge in [0.1, 0.15) is 0 Å². The third-order valence-corrected chi connectivity index (χ3v) is 6.94. The van der Waals surface area contributed by atoms with Gasteiger partial charge < -0.3 is 0 Å². The van der Waals surface area contributed by atoms with Crippen LogP contribution in [0.15, 0.2) is 53.1 Å². The van der Waals surface area contributed by atoms with Crippen LogP contribution in [0.5, 0.6) is 0 Å². The Hall–Kier alpha value is -1.79. The van der Waals surface area contributed by atoms with Crippen molar-refractivity contribution in [3.8, 4) is 11.1 Å². The monoisotopic (exact) mass is 346 g/mol. The Morgan fingerprint density at radius 3 is 2.28 bits per heavy atom. The van der Waals surface area contributed by atoms with Crippen molar-refractivity contribution >= 4 is 17.2 Å². The summed E-state index contributed by atoms with van der Waals surface area (Å²) in [5.74, 6) is 0. The van der Waals surface area contributed by atoms with Crippen LogP contribution in [0.25, 0.3) is 16.7 Å². The van der Waals surface area contributed by atoms with Gasteiger partial charge in [-0.1, -0.05) is 69.6 Å². The first kappa shape index (κ1) is 15.5. The minimum absolute atomic E-state index is 0.0185. The highest BCUT2D eigenvalue weighted by atomic mass is 35.5. The number of allylic oxidation sites excluding steroid dienone is 4. The summed E-state index contributed by atoms with van der Waals surface area (Å²) in [6, 6.07) is 13.8. The van der Waals surface area contributed by atoms with Gasteiger partial charge in [-0.25, -0.2) is 0 Å². The van der Waals surface area contributed by atoms with Gasteiger partial charge in [-0.15, -0.1) is 0 Å². The highest BCUT2D eigenvalue weighted by Gasteiger charge is 2.44. The summed E-state index contributed by atoms with van der Waals surface area (Å²) in [6.45, 7) is 9.36. The Bertz CT molecular complexity index is 999. The molecule has 3 aliphatic rings. The maximum Gasteiger partial charge on any atom is 0.0231 e. The van der Waals surface area contributed by atoms with Crippen molar-refractivity contribution in [1.82, 2.24) is 0 Å². The molecule has 0 amide bonds. The number of hydrogen-bond donors (Lipinski definition) is 0. The summed E-state index contributed by atoms with van der Waals surface area (Å²) in [6.07, 6.45) is 4.43. The van der Waals surface area contributed by atoms with Crippen molar-refractivity contribution in [2.45, 2.75) is 51.4 Å². The summed E-state index contributed by atoms with van der Waals surface area (Å²) >= 11 is 6.70. The largest absolute Gasteiger partial charge is 0.0888 e. The molecule has 0 saturated carbocycles. The van der Waals surface area contributed by atoms with Gasteiger partial charge in [-0.05, 0) is 69.5 Å². The zero-order chi connectivity index (χ0) is 17.6. The van der Waals surface area contributed by atoms with E-state index in [1.165, 1.54) is 44.5 Å². The van der Waals surface area contributed by atoms with Crippen LogP contribution in [0, 0.1) is 0 Å². The van der Waals surface area contributed by atoms with E-state index in [0.717, 1.165) is 17.9 Å². The molecule has 0 N–H and O–H groups in total. The Morgan fingerprint density at radius 1 is 0.800 bits per heavy atom. The van der Waals surface area contributed by atoms with Crippen LogP contribution in [-0.4, -0.2) is 0 Å². The summed E-state index contributed by atoms with van der Waals surface area (Å²) in [7, 11) is 0. The Kier molecular flexibility index (Phi) is 2.89. The molecule has 0 aromatic heterocycles. The van der Waals surface area contributed by atoms with E-state index in [4.69, 9.17) is 11.6 Å². The molecule has 1 heteroatoms. The Balaban J connectivity index is 1.86. The number of benzene rings is 2. The fourth-order valence-corrected chi connectivity index (χ4v) is 5.71. The van der Waals surface area contributed by atoms with Gasteiger partial charge in [-0.3, -0.25) is 0 Å². The summed E-state index contributed by atoms with van der Waals surface area (Å²) < 4.78 is 0. The van der Waals surface area contributed by atoms with Gasteiger partial charge in [0.15, 0.2) is 0 Å². The van der Waals surface area contributed by atoms with Gasteiger partial charge in [0.05, 0.1) is 0 Å². The maximum absolute atomic E-state index is 6.70. The van der Waals surface area contributed by atoms with Crippen molar-refractivity contribution in [2.75, 3.05) is 0 Å². The van der Waals surface area contributed by atoms with Crippen molar-refractivity contribution < 1.29 is 0 Å². The van der Waals surface area contributed by atoms with E-state index in [-0.39, 0.29) is 10.8 Å². The smallest absolute Gasteiger partial charge is 0.0231 e. The first-order chi connectivity index (χ1) is 11.8. The van der Waals surface area contributed by atoms with Crippen molar-refractivity contribution in [3.05, 3.63) is 75.3 Å². The van der Waals surface area contributed by atoms with Crippen LogP contribution >= 0.6 is 11.6 Å². The highest BCUT2D eigenvalue weighted by molar-refractivity contribution is 6.31. The molecule has 0 unspecified atom stereocenters. The zero-order valence-corrected chi connectivity index (χ0v) is 16.1. The van der Waals surface area contributed by atoms with E-state index in [1.54, 1.807) is 0 Å². The number of halogens is 1. The molecule has 0 saturated heterocycles. The summed E-state index contributed by atoms with van der Waals surface area (Å²) in [5.41, 5.74) is 11.3. The number of fused-ring (bicyclic) bond motifs is 6. The average Bonchev–Trinajstić information content (AvgIpc) is 2.95. The second-order valence-electron chi connectivity index (χ2n) is 8.68. The van der Waals surface area contributed by atoms with E-state index >= 15 is 0 Å². The summed E-state index contributed by atoms with van der Waals surface area (Å²) in [5, 5.41) is 1.05. The lowest BCUT2D eigenvalue weighted by molar-refractivity contribution is 0.646. The van der Waals surface area contributed by atoms with Crippen LogP contribution in [0.4, 0.5) is 0 Å². The first-order valence-corrected chi connectivity index (χ1v) is 9.60. The molecular formula is C24H23Cl. The second-order valence-corrected chi connectivity index (χ2v) is 9.13. The lowest BCUT2D eigenvalue weighted by atomic mass is 9.79. The Labute approximate surface area is 155 Å². The van der Waals surface area contributed by atoms with Crippen LogP contribution in [-0.2, 0) is 10.8 Å². The molecule has 0 bridgehead atoms. The molecule has 0 fully saturated rings. The molecular weight excluding hydrogens is 324 g/mol. The normalized spacial score (nSPS) is 21.4. The van der Waals surface area contributed by atoms with Gasteiger partial charge in [-0.2, -0.15) is 0 Å². The molecule has 126 valence electrons. The van der Waals surface area contributed by atoms with Crippen molar-refractivity contribution in [1.29, 1.82) is 0 Å². The van der Waals surface area contributed by atoms with E-state index in [0.29, 0.717) is 0 Å². The van der Waals surface area contributed by atoms with Crippen LogP contribution < -0.4 is 0 Å². The van der Waals surface area contributed by atoms with Crippen LogP contribution in [0.1, 0.15) is 62.8 Å². The molecule has 25 heavy (non-hydrogen) atoms. The number of hydrogen-bond acceptors (Lipinski definition) is 0. The molecule has 0 nitrogen and oxygen atoms in total. The van der Waals surface area contributed by atoms with E-state index < -0.39 is 0 Å². The third-order valence-electron chi connectivity index (χ3n) is 6.56. The van der Waals surface area contributed by atoms with Gasteiger partial charge in [0, 0.05) is 15.9 Å². The van der Waals surface area contributed by atoms with Gasteiger partial charge in [0.25, 0.3) is 0 Å². The van der Waals surface area contributed by atoms with Crippen LogP contribution in [0.3, 0.4) is 0 Å². The van der Waals surface area contributed by atoms with Crippen molar-refractivity contribution in [3.63, 3.8) is 0 Å². The molecule has 5 rings (SSSR count). The maximum atomic E-state index is 6.70. The second kappa shape index (κ2) is 4.68. The predicted molar refractivity (Wildman–Crippen MR) is 107 cm³/mol. The number of rotatable bonds is 0. The SMILES string of the molecule is CC1(C)C2=C(Cl)CCC=C2c2cc3c(cc21)-c1ccccc1C3(C)C. The third kappa shape index (κ3) is 1.79. The van der Waals surface area contributed by atoms with E-state index in [9.17, 15) is 0 Å². The molecule has 0 heterocycles. The lowest BCUT2D eigenvalue weighted by Gasteiger charge is -2.25. The fraction of sp³-hybridized carbons (Fsp3) is 0.333. The minimum atomic E-state index is -0.0185. The molecule has 2 aromatic rings. The molecule has 0 radical (unpaired) electrons. The Morgan fingerprint density at radius 2 is 1.48 bits per heavy atom. The average molecular weight is 347 g/mol. The van der Waals surface area contributed by atoms with Crippen molar-refractivity contribution in [2.24, 2.45) is 0 Å². The lowest BCUT2D eigenvalue weighted by Crippen LogP contribution is -2.17. The predicted octanol–water partition coefficient (Wildman–Crippen LogP) is 6.95. The fourth-order valence-electron chi connectivity index (χ4n) is 5.26. The standard InChI is InChI=1S/C24H23Cl/c1-23(2)18-10-6-5-8-14(18)16-12-20-17(13-19(16)23)15-9-7-11-21(25)22(15)24(20,3)4/h5-6,8-10,12-13H,7,11H2,1-4H3. The van der Waals surface area contributed by atoms with Gasteiger partial charge in [0.2, 0.25) is 0 Å². The molecule has 0 atom stereocenters. The van der Waals surface area contributed by atoms with E-state index in [1.807, 2.05) is 0 Å². The molecule has 0 aliphatic heterocycles. The minimum Gasteiger partial charge on any atom is -0.0888 e. The molecule has 2 aromatic carbocycles. The quantitative estimate of drug-likeness (QED) is 0.484. The highest BCUT2D eigenvalue weighted by Crippen LogP contribution is 2.58.